The standard InChI is InChI=1S/C15H13F3O3S/c1-10(19)22-8-2-3-11-4-6-12(7-5-11)13(20)9-14(21)15(16,17)18/h2-7H,8-9H2,1H3. The first-order valence-corrected chi connectivity index (χ1v) is 7.22. The minimum Gasteiger partial charge on any atom is -0.294 e. The third-order valence-electron chi connectivity index (χ3n) is 2.56. The van der Waals surface area contributed by atoms with Gasteiger partial charge in [0.15, 0.2) is 10.9 Å². The highest BCUT2D eigenvalue weighted by Gasteiger charge is 2.39. The van der Waals surface area contributed by atoms with Gasteiger partial charge in [0, 0.05) is 18.2 Å². The lowest BCUT2D eigenvalue weighted by molar-refractivity contribution is -0.170. The zero-order valence-corrected chi connectivity index (χ0v) is 12.5. The van der Waals surface area contributed by atoms with Gasteiger partial charge in [0.05, 0.1) is 6.42 Å². The van der Waals surface area contributed by atoms with E-state index in [1.54, 1.807) is 24.3 Å². The summed E-state index contributed by atoms with van der Waals surface area (Å²) >= 11 is 1.14. The lowest BCUT2D eigenvalue weighted by Gasteiger charge is -2.04. The normalized spacial score (nSPS) is 11.6. The molecule has 0 heterocycles. The fraction of sp³-hybridized carbons (Fsp3) is 0.267. The van der Waals surface area contributed by atoms with E-state index in [0.717, 1.165) is 17.3 Å². The van der Waals surface area contributed by atoms with Gasteiger partial charge in [0.1, 0.15) is 0 Å². The lowest BCUT2D eigenvalue weighted by Crippen LogP contribution is -2.25. The number of hydrogen-bond donors (Lipinski definition) is 0. The zero-order valence-electron chi connectivity index (χ0n) is 11.6. The second-order valence-electron chi connectivity index (χ2n) is 4.35. The van der Waals surface area contributed by atoms with E-state index < -0.39 is 24.2 Å². The minimum absolute atomic E-state index is 0.0000681. The molecule has 1 aromatic carbocycles. The molecule has 118 valence electrons. The van der Waals surface area contributed by atoms with Crippen LogP contribution >= 0.6 is 11.8 Å². The fourth-order valence-electron chi connectivity index (χ4n) is 1.48. The van der Waals surface area contributed by atoms with Gasteiger partial charge in [-0.15, -0.1) is 0 Å². The number of Topliss-reactive ketones (excluding diaryl/α,β-unsaturated/α-hetero) is 2. The van der Waals surface area contributed by atoms with Crippen LogP contribution < -0.4 is 0 Å². The smallest absolute Gasteiger partial charge is 0.294 e. The number of hydrogen-bond acceptors (Lipinski definition) is 4. The molecule has 0 aliphatic carbocycles. The molecule has 0 N–H and O–H groups in total. The van der Waals surface area contributed by atoms with Gasteiger partial charge in [0.25, 0.3) is 0 Å². The van der Waals surface area contributed by atoms with E-state index in [2.05, 4.69) is 0 Å². The Labute approximate surface area is 129 Å². The number of rotatable bonds is 6. The van der Waals surface area contributed by atoms with Crippen LogP contribution in [-0.4, -0.2) is 28.6 Å². The van der Waals surface area contributed by atoms with Gasteiger partial charge >= 0.3 is 6.18 Å². The van der Waals surface area contributed by atoms with Crippen molar-refractivity contribution in [1.29, 1.82) is 0 Å². The van der Waals surface area contributed by atoms with Crippen molar-refractivity contribution in [2.45, 2.75) is 19.5 Å². The molecule has 1 aromatic rings. The summed E-state index contributed by atoms with van der Waals surface area (Å²) in [6.45, 7) is 1.46. The molecule has 3 nitrogen and oxygen atoms in total. The molecule has 7 heteroatoms. The Hall–Kier alpha value is -1.89. The molecule has 0 atom stereocenters. The highest BCUT2D eigenvalue weighted by Crippen LogP contribution is 2.19. The number of alkyl halides is 3. The first-order valence-electron chi connectivity index (χ1n) is 6.23. The van der Waals surface area contributed by atoms with Crippen LogP contribution in [0.3, 0.4) is 0 Å². The summed E-state index contributed by atoms with van der Waals surface area (Å²) in [7, 11) is 0. The SMILES string of the molecule is CC(=O)SCC=Cc1ccc(C(=O)CC(=O)C(F)(F)F)cc1. The fourth-order valence-corrected chi connectivity index (χ4v) is 1.91. The zero-order chi connectivity index (χ0) is 16.8. The van der Waals surface area contributed by atoms with Crippen LogP contribution in [0.5, 0.6) is 0 Å². The number of carbonyl (C=O) groups is 3. The molecule has 0 fully saturated rings. The molecule has 0 saturated heterocycles. The van der Waals surface area contributed by atoms with Crippen LogP contribution in [0.4, 0.5) is 13.2 Å². The van der Waals surface area contributed by atoms with E-state index in [9.17, 15) is 27.6 Å². The molecule has 0 aliphatic rings. The van der Waals surface area contributed by atoms with E-state index in [0.29, 0.717) is 5.75 Å². The molecular formula is C15H13F3O3S. The number of thioether (sulfide) groups is 1. The van der Waals surface area contributed by atoms with Crippen molar-refractivity contribution >= 4 is 34.5 Å². The first-order chi connectivity index (χ1) is 10.2. The number of benzene rings is 1. The second-order valence-corrected chi connectivity index (χ2v) is 5.54. The van der Waals surface area contributed by atoms with Gasteiger partial charge in [-0.1, -0.05) is 48.2 Å². The summed E-state index contributed by atoms with van der Waals surface area (Å²) in [5.74, 6) is -2.41. The molecule has 0 amide bonds. The molecule has 0 spiro atoms. The summed E-state index contributed by atoms with van der Waals surface area (Å²) in [6.07, 6.45) is -2.69. The van der Waals surface area contributed by atoms with E-state index in [1.807, 2.05) is 0 Å². The highest BCUT2D eigenvalue weighted by atomic mass is 32.2. The Morgan fingerprint density at radius 1 is 1.14 bits per heavy atom. The average molecular weight is 330 g/mol. The summed E-state index contributed by atoms with van der Waals surface area (Å²) in [6, 6.07) is 5.84. The monoisotopic (exact) mass is 330 g/mol. The molecule has 0 aromatic heterocycles. The van der Waals surface area contributed by atoms with Gasteiger partial charge in [-0.25, -0.2) is 0 Å². The summed E-state index contributed by atoms with van der Waals surface area (Å²) in [5.41, 5.74) is 0.788. The molecule has 1 rings (SSSR count). The molecule has 0 aliphatic heterocycles. The Morgan fingerprint density at radius 2 is 1.73 bits per heavy atom. The lowest BCUT2D eigenvalue weighted by atomic mass is 10.0. The molecule has 22 heavy (non-hydrogen) atoms. The van der Waals surface area contributed by atoms with E-state index in [-0.39, 0.29) is 10.7 Å². The number of halogens is 3. The molecular weight excluding hydrogens is 317 g/mol. The van der Waals surface area contributed by atoms with Gasteiger partial charge in [-0.05, 0) is 5.56 Å². The minimum atomic E-state index is -4.99. The third-order valence-corrected chi connectivity index (χ3v) is 3.33. The van der Waals surface area contributed by atoms with Crippen LogP contribution in [0.1, 0.15) is 29.3 Å². The summed E-state index contributed by atoms with van der Waals surface area (Å²) < 4.78 is 36.2. The van der Waals surface area contributed by atoms with Crippen molar-refractivity contribution in [2.24, 2.45) is 0 Å². The maximum Gasteiger partial charge on any atom is 0.450 e. The average Bonchev–Trinajstić information content (AvgIpc) is 2.43. The number of carbonyl (C=O) groups excluding carboxylic acids is 3. The topological polar surface area (TPSA) is 51.2 Å². The maximum absolute atomic E-state index is 12.1. The Balaban J connectivity index is 2.63. The predicted octanol–water partition coefficient (Wildman–Crippen LogP) is 3.68. The van der Waals surface area contributed by atoms with Crippen molar-refractivity contribution in [3.8, 4) is 0 Å². The van der Waals surface area contributed by atoms with Crippen LogP contribution in [0.2, 0.25) is 0 Å². The van der Waals surface area contributed by atoms with Crippen LogP contribution in [0.15, 0.2) is 30.3 Å². The largest absolute Gasteiger partial charge is 0.450 e. The van der Waals surface area contributed by atoms with Gasteiger partial charge in [-0.2, -0.15) is 13.2 Å². The molecule has 0 saturated carbocycles. The Kier molecular flexibility index (Phi) is 6.55. The van der Waals surface area contributed by atoms with Crippen molar-refractivity contribution in [3.05, 3.63) is 41.5 Å². The molecule has 0 radical (unpaired) electrons. The molecule has 0 bridgehead atoms. The third kappa shape index (κ3) is 6.26. The van der Waals surface area contributed by atoms with Crippen LogP contribution in [0.25, 0.3) is 6.08 Å². The number of ketones is 2. The van der Waals surface area contributed by atoms with Gasteiger partial charge < -0.3 is 0 Å². The second kappa shape index (κ2) is 7.93. The Morgan fingerprint density at radius 3 is 2.23 bits per heavy atom. The van der Waals surface area contributed by atoms with Crippen molar-refractivity contribution in [3.63, 3.8) is 0 Å². The van der Waals surface area contributed by atoms with Crippen LogP contribution in [-0.2, 0) is 9.59 Å². The quantitative estimate of drug-likeness (QED) is 0.590. The van der Waals surface area contributed by atoms with Crippen molar-refractivity contribution in [2.75, 3.05) is 5.75 Å². The van der Waals surface area contributed by atoms with Crippen LogP contribution in [0, 0.1) is 0 Å². The summed E-state index contributed by atoms with van der Waals surface area (Å²) in [5, 5.41) is -0.0000681. The maximum atomic E-state index is 12.1. The molecule has 0 unspecified atom stereocenters. The van der Waals surface area contributed by atoms with Crippen molar-refractivity contribution in [1.82, 2.24) is 0 Å². The van der Waals surface area contributed by atoms with Gasteiger partial charge in [-0.3, -0.25) is 14.4 Å². The first kappa shape index (κ1) is 18.2. The predicted molar refractivity (Wildman–Crippen MR) is 78.6 cm³/mol. The van der Waals surface area contributed by atoms with Crippen molar-refractivity contribution < 1.29 is 27.6 Å². The highest BCUT2D eigenvalue weighted by molar-refractivity contribution is 8.13. The summed E-state index contributed by atoms with van der Waals surface area (Å²) in [4.78, 5) is 33.0. The van der Waals surface area contributed by atoms with E-state index in [4.69, 9.17) is 0 Å². The van der Waals surface area contributed by atoms with Gasteiger partial charge in [0.2, 0.25) is 5.78 Å². The Bertz CT molecular complexity index is 589. The van der Waals surface area contributed by atoms with E-state index in [1.165, 1.54) is 19.1 Å². The van der Waals surface area contributed by atoms with E-state index >= 15 is 0 Å².